The number of nitrogens with two attached hydrogens (primary N) is 1. The molecule has 156 valence electrons. The third-order valence-electron chi connectivity index (χ3n) is 4.21. The van der Waals surface area contributed by atoms with Gasteiger partial charge in [0, 0.05) is 11.3 Å². The predicted molar refractivity (Wildman–Crippen MR) is 118 cm³/mol. The monoisotopic (exact) mass is 397 g/mol. The van der Waals surface area contributed by atoms with E-state index in [1.165, 1.54) is 18.4 Å². The molecule has 0 saturated heterocycles. The van der Waals surface area contributed by atoms with Crippen LogP contribution >= 0.6 is 0 Å². The fraction of sp³-hybridized carbons (Fsp3) is 0.391. The van der Waals surface area contributed by atoms with Gasteiger partial charge in [-0.1, -0.05) is 31.9 Å². The van der Waals surface area contributed by atoms with Crippen molar-refractivity contribution in [3.63, 3.8) is 0 Å². The molecule has 0 aliphatic heterocycles. The number of hydrogen-bond donors (Lipinski definition) is 3. The molecule has 2 aromatic rings. The van der Waals surface area contributed by atoms with Crippen molar-refractivity contribution in [1.29, 1.82) is 0 Å². The van der Waals surface area contributed by atoms with Crippen LogP contribution < -0.4 is 16.4 Å². The lowest BCUT2D eigenvalue weighted by Gasteiger charge is -2.20. The molecular formula is C23H31N3O3. The van der Waals surface area contributed by atoms with Crippen molar-refractivity contribution in [2.24, 2.45) is 0 Å². The topological polar surface area (TPSA) is 93.5 Å². The first-order valence-corrected chi connectivity index (χ1v) is 9.98. The maximum Gasteiger partial charge on any atom is 0.412 e. The predicted octanol–water partition coefficient (Wildman–Crippen LogP) is 5.60. The SMILES string of the molecule is CCCCCc1ccc(C(=O)Nc2ccc(N)cc2NC(=O)OC(C)(C)C)cc1. The summed E-state index contributed by atoms with van der Waals surface area (Å²) in [5.74, 6) is -0.262. The average molecular weight is 398 g/mol. The highest BCUT2D eigenvalue weighted by Crippen LogP contribution is 2.26. The Morgan fingerprint density at radius 1 is 0.966 bits per heavy atom. The first-order chi connectivity index (χ1) is 13.7. The maximum absolute atomic E-state index is 12.7. The zero-order valence-electron chi connectivity index (χ0n) is 17.7. The minimum absolute atomic E-state index is 0.262. The van der Waals surface area contributed by atoms with Crippen molar-refractivity contribution in [2.45, 2.75) is 59.0 Å². The second-order valence-electron chi connectivity index (χ2n) is 8.04. The zero-order chi connectivity index (χ0) is 21.4. The van der Waals surface area contributed by atoms with Crippen LogP contribution in [-0.2, 0) is 11.2 Å². The lowest BCUT2D eigenvalue weighted by Crippen LogP contribution is -2.27. The van der Waals surface area contributed by atoms with Gasteiger partial charge in [0.05, 0.1) is 11.4 Å². The lowest BCUT2D eigenvalue weighted by molar-refractivity contribution is 0.0635. The summed E-state index contributed by atoms with van der Waals surface area (Å²) < 4.78 is 5.28. The van der Waals surface area contributed by atoms with E-state index in [-0.39, 0.29) is 5.91 Å². The number of amides is 2. The van der Waals surface area contributed by atoms with Gasteiger partial charge in [-0.05, 0) is 69.5 Å². The average Bonchev–Trinajstić information content (AvgIpc) is 2.63. The summed E-state index contributed by atoms with van der Waals surface area (Å²) >= 11 is 0. The number of anilines is 3. The largest absolute Gasteiger partial charge is 0.444 e. The molecule has 2 aromatic carbocycles. The molecule has 2 amide bonds. The molecule has 0 fully saturated rings. The van der Waals surface area contributed by atoms with Crippen LogP contribution in [0.5, 0.6) is 0 Å². The van der Waals surface area contributed by atoms with Gasteiger partial charge in [0.15, 0.2) is 0 Å². The van der Waals surface area contributed by atoms with Gasteiger partial charge >= 0.3 is 6.09 Å². The molecule has 0 aliphatic rings. The van der Waals surface area contributed by atoms with E-state index in [1.807, 2.05) is 24.3 Å². The van der Waals surface area contributed by atoms with Gasteiger partial charge in [0.1, 0.15) is 5.60 Å². The summed E-state index contributed by atoms with van der Waals surface area (Å²) in [6.45, 7) is 7.51. The molecule has 29 heavy (non-hydrogen) atoms. The van der Waals surface area contributed by atoms with Crippen LogP contribution in [0.25, 0.3) is 0 Å². The number of benzene rings is 2. The molecule has 2 rings (SSSR count). The molecule has 0 unspecified atom stereocenters. The minimum atomic E-state index is -0.632. The fourth-order valence-electron chi connectivity index (χ4n) is 2.78. The summed E-state index contributed by atoms with van der Waals surface area (Å²) in [6, 6.07) is 12.5. The van der Waals surface area contributed by atoms with Crippen LogP contribution in [0.15, 0.2) is 42.5 Å². The Hall–Kier alpha value is -3.02. The molecule has 0 bridgehead atoms. The van der Waals surface area contributed by atoms with Crippen LogP contribution in [0.3, 0.4) is 0 Å². The smallest absolute Gasteiger partial charge is 0.412 e. The maximum atomic E-state index is 12.7. The molecule has 6 nitrogen and oxygen atoms in total. The van der Waals surface area contributed by atoms with Gasteiger partial charge in [-0.2, -0.15) is 0 Å². The molecule has 6 heteroatoms. The number of carbonyl (C=O) groups excluding carboxylic acids is 2. The van der Waals surface area contributed by atoms with Crippen LogP contribution in [-0.4, -0.2) is 17.6 Å². The van der Waals surface area contributed by atoms with Crippen LogP contribution in [0.4, 0.5) is 21.9 Å². The third-order valence-corrected chi connectivity index (χ3v) is 4.21. The summed E-state index contributed by atoms with van der Waals surface area (Å²) in [6.07, 6.45) is 3.93. The van der Waals surface area contributed by atoms with Crippen molar-refractivity contribution in [2.75, 3.05) is 16.4 Å². The normalized spacial score (nSPS) is 11.0. The Bertz CT molecular complexity index is 839. The number of nitrogens with one attached hydrogen (secondary N) is 2. The van der Waals surface area contributed by atoms with Gasteiger partial charge in [-0.25, -0.2) is 4.79 Å². The van der Waals surface area contributed by atoms with E-state index in [2.05, 4.69) is 17.6 Å². The molecule has 0 heterocycles. The number of aryl methyl sites for hydroxylation is 1. The Morgan fingerprint density at radius 3 is 2.28 bits per heavy atom. The molecule has 0 aliphatic carbocycles. The van der Waals surface area contributed by atoms with E-state index in [0.29, 0.717) is 22.6 Å². The second-order valence-corrected chi connectivity index (χ2v) is 8.04. The van der Waals surface area contributed by atoms with Crippen LogP contribution in [0.2, 0.25) is 0 Å². The number of rotatable bonds is 7. The number of ether oxygens (including phenoxy) is 1. The molecule has 4 N–H and O–H groups in total. The molecule has 0 saturated carbocycles. The van der Waals surface area contributed by atoms with E-state index in [0.717, 1.165) is 12.8 Å². The number of carbonyl (C=O) groups is 2. The molecule has 0 spiro atoms. The van der Waals surface area contributed by atoms with Gasteiger partial charge in [-0.3, -0.25) is 10.1 Å². The quantitative estimate of drug-likeness (QED) is 0.419. The Labute approximate surface area is 172 Å². The fourth-order valence-corrected chi connectivity index (χ4v) is 2.78. The number of nitrogen functional groups attached to an aromatic ring is 1. The minimum Gasteiger partial charge on any atom is -0.444 e. The van der Waals surface area contributed by atoms with E-state index in [1.54, 1.807) is 39.0 Å². The van der Waals surface area contributed by atoms with Gasteiger partial charge in [-0.15, -0.1) is 0 Å². The van der Waals surface area contributed by atoms with Crippen molar-refractivity contribution in [3.8, 4) is 0 Å². The van der Waals surface area contributed by atoms with Crippen molar-refractivity contribution in [3.05, 3.63) is 53.6 Å². The van der Waals surface area contributed by atoms with Crippen LogP contribution in [0.1, 0.15) is 62.9 Å². The van der Waals surface area contributed by atoms with Gasteiger partial charge in [0.25, 0.3) is 5.91 Å². The highest BCUT2D eigenvalue weighted by Gasteiger charge is 2.18. The molecular weight excluding hydrogens is 366 g/mol. The van der Waals surface area contributed by atoms with Gasteiger partial charge < -0.3 is 15.8 Å². The zero-order valence-corrected chi connectivity index (χ0v) is 17.7. The van der Waals surface area contributed by atoms with Crippen molar-refractivity contribution in [1.82, 2.24) is 0 Å². The second kappa shape index (κ2) is 9.96. The number of hydrogen-bond acceptors (Lipinski definition) is 4. The molecule has 0 radical (unpaired) electrons. The Morgan fingerprint density at radius 2 is 1.66 bits per heavy atom. The summed E-state index contributed by atoms with van der Waals surface area (Å²) in [5.41, 5.74) is 8.25. The van der Waals surface area contributed by atoms with Crippen molar-refractivity contribution >= 4 is 29.1 Å². The number of unbranched alkanes of at least 4 members (excludes halogenated alkanes) is 2. The highest BCUT2D eigenvalue weighted by molar-refractivity contribution is 6.07. The van der Waals surface area contributed by atoms with E-state index >= 15 is 0 Å². The first-order valence-electron chi connectivity index (χ1n) is 9.98. The van der Waals surface area contributed by atoms with E-state index in [4.69, 9.17) is 10.5 Å². The summed E-state index contributed by atoms with van der Waals surface area (Å²) in [4.78, 5) is 24.8. The third kappa shape index (κ3) is 7.49. The lowest BCUT2D eigenvalue weighted by atomic mass is 10.1. The van der Waals surface area contributed by atoms with E-state index < -0.39 is 11.7 Å². The van der Waals surface area contributed by atoms with Gasteiger partial charge in [0.2, 0.25) is 0 Å². The Kier molecular flexibility index (Phi) is 7.65. The van der Waals surface area contributed by atoms with Crippen LogP contribution in [0, 0.1) is 0 Å². The Balaban J connectivity index is 2.08. The first kappa shape index (κ1) is 22.3. The summed E-state index contributed by atoms with van der Waals surface area (Å²) in [5, 5.41) is 5.48. The molecule has 0 aromatic heterocycles. The van der Waals surface area contributed by atoms with Crippen molar-refractivity contribution < 1.29 is 14.3 Å². The van der Waals surface area contributed by atoms with E-state index in [9.17, 15) is 9.59 Å². The highest BCUT2D eigenvalue weighted by atomic mass is 16.6. The summed E-state index contributed by atoms with van der Waals surface area (Å²) in [7, 11) is 0. The molecule has 0 atom stereocenters. The standard InChI is InChI=1S/C23H31N3O3/c1-5-6-7-8-16-9-11-17(12-10-16)21(27)25-19-14-13-18(24)15-20(19)26-22(28)29-23(2,3)4/h9-15H,5-8,24H2,1-4H3,(H,25,27)(H,26,28).